The third-order valence-electron chi connectivity index (χ3n) is 3.49. The Kier molecular flexibility index (Phi) is 4.21. The van der Waals surface area contributed by atoms with Gasteiger partial charge in [-0.15, -0.1) is 0 Å². The highest BCUT2D eigenvalue weighted by molar-refractivity contribution is 5.83. The van der Waals surface area contributed by atoms with E-state index in [1.54, 1.807) is 0 Å². The minimum absolute atomic E-state index is 0.667. The molecule has 0 saturated carbocycles. The van der Waals surface area contributed by atoms with Crippen LogP contribution in [0.5, 0.6) is 0 Å². The minimum atomic E-state index is 0.667. The molecule has 2 nitrogen and oxygen atoms in total. The molecule has 2 rings (SSSR count). The second-order valence-electron chi connectivity index (χ2n) is 4.58. The van der Waals surface area contributed by atoms with E-state index in [1.165, 1.54) is 29.3 Å². The van der Waals surface area contributed by atoms with E-state index < -0.39 is 0 Å². The van der Waals surface area contributed by atoms with Gasteiger partial charge in [0.2, 0.25) is 0 Å². The zero-order valence-corrected chi connectivity index (χ0v) is 10.8. The van der Waals surface area contributed by atoms with Gasteiger partial charge in [-0.3, -0.25) is 0 Å². The summed E-state index contributed by atoms with van der Waals surface area (Å²) in [5.41, 5.74) is 2.66. The fraction of sp³-hybridized carbons (Fsp3) is 0.467. The molecule has 0 amide bonds. The smallest absolute Gasteiger partial charge is 0.0456 e. The Morgan fingerprint density at radius 1 is 1.18 bits per heavy atom. The molecule has 0 unspecified atom stereocenters. The Morgan fingerprint density at radius 2 is 1.94 bits per heavy atom. The van der Waals surface area contributed by atoms with Crippen molar-refractivity contribution in [1.82, 2.24) is 10.3 Å². The molecular formula is C15H22N2. The predicted octanol–water partition coefficient (Wildman–Crippen LogP) is 3.49. The van der Waals surface area contributed by atoms with Gasteiger partial charge in [-0.1, -0.05) is 32.0 Å². The average molecular weight is 230 g/mol. The average Bonchev–Trinajstić information content (AvgIpc) is 2.78. The van der Waals surface area contributed by atoms with Crippen molar-refractivity contribution in [2.45, 2.75) is 39.2 Å². The minimum Gasteiger partial charge on any atom is -0.361 e. The predicted molar refractivity (Wildman–Crippen MR) is 74.4 cm³/mol. The van der Waals surface area contributed by atoms with Gasteiger partial charge >= 0.3 is 0 Å². The molecule has 0 aliphatic carbocycles. The van der Waals surface area contributed by atoms with E-state index in [1.807, 2.05) is 0 Å². The Hall–Kier alpha value is -1.28. The zero-order chi connectivity index (χ0) is 12.1. The summed E-state index contributed by atoms with van der Waals surface area (Å²) >= 11 is 0. The first-order valence-electron chi connectivity index (χ1n) is 6.63. The quantitative estimate of drug-likeness (QED) is 0.781. The number of fused-ring (bicyclic) bond motifs is 1. The highest BCUT2D eigenvalue weighted by Gasteiger charge is 2.04. The van der Waals surface area contributed by atoms with Crippen molar-refractivity contribution in [2.24, 2.45) is 0 Å². The lowest BCUT2D eigenvalue weighted by atomic mass is 10.1. The lowest BCUT2D eigenvalue weighted by Gasteiger charge is -2.14. The monoisotopic (exact) mass is 230 g/mol. The molecule has 1 aromatic heterocycles. The van der Waals surface area contributed by atoms with Gasteiger partial charge in [0.15, 0.2) is 0 Å². The summed E-state index contributed by atoms with van der Waals surface area (Å²) in [6.07, 6.45) is 5.66. The molecule has 1 heterocycles. The van der Waals surface area contributed by atoms with Crippen molar-refractivity contribution < 1.29 is 0 Å². The third kappa shape index (κ3) is 2.89. The van der Waals surface area contributed by atoms with Crippen LogP contribution >= 0.6 is 0 Å². The Balaban J connectivity index is 1.95. The van der Waals surface area contributed by atoms with Crippen LogP contribution in [0.15, 0.2) is 30.5 Å². The van der Waals surface area contributed by atoms with Crippen molar-refractivity contribution in [3.8, 4) is 0 Å². The molecule has 0 radical (unpaired) electrons. The van der Waals surface area contributed by atoms with Crippen LogP contribution in [0.2, 0.25) is 0 Å². The fourth-order valence-corrected chi connectivity index (χ4v) is 2.33. The molecule has 2 N–H and O–H groups in total. The first-order valence-corrected chi connectivity index (χ1v) is 6.63. The van der Waals surface area contributed by atoms with E-state index >= 15 is 0 Å². The number of benzene rings is 1. The molecule has 92 valence electrons. The van der Waals surface area contributed by atoms with E-state index in [9.17, 15) is 0 Å². The normalized spacial score (nSPS) is 11.5. The van der Waals surface area contributed by atoms with E-state index in [-0.39, 0.29) is 0 Å². The second-order valence-corrected chi connectivity index (χ2v) is 4.58. The summed E-state index contributed by atoms with van der Waals surface area (Å²) in [5, 5.41) is 4.97. The van der Waals surface area contributed by atoms with Gasteiger partial charge in [-0.25, -0.2) is 0 Å². The summed E-state index contributed by atoms with van der Waals surface area (Å²) in [6, 6.07) is 9.17. The fourth-order valence-electron chi connectivity index (χ4n) is 2.33. The van der Waals surface area contributed by atoms with Crippen LogP contribution in [0, 0.1) is 0 Å². The number of H-pyrrole nitrogens is 1. The summed E-state index contributed by atoms with van der Waals surface area (Å²) in [6.45, 7) is 5.55. The molecule has 2 aromatic rings. The van der Waals surface area contributed by atoms with Gasteiger partial charge in [0.25, 0.3) is 0 Å². The van der Waals surface area contributed by atoms with E-state index in [2.05, 4.69) is 54.6 Å². The number of hydrogen-bond donors (Lipinski definition) is 2. The Labute approximate surface area is 103 Å². The highest BCUT2D eigenvalue weighted by atomic mass is 14.9. The van der Waals surface area contributed by atoms with Gasteiger partial charge in [-0.05, 0) is 37.4 Å². The molecular weight excluding hydrogens is 208 g/mol. The highest BCUT2D eigenvalue weighted by Crippen LogP contribution is 2.17. The van der Waals surface area contributed by atoms with E-state index in [4.69, 9.17) is 0 Å². The van der Waals surface area contributed by atoms with Crippen molar-refractivity contribution in [2.75, 3.05) is 6.54 Å². The first-order chi connectivity index (χ1) is 8.35. The van der Waals surface area contributed by atoms with Crippen LogP contribution in [0.25, 0.3) is 10.9 Å². The summed E-state index contributed by atoms with van der Waals surface area (Å²) in [4.78, 5) is 3.33. The third-order valence-corrected chi connectivity index (χ3v) is 3.49. The summed E-state index contributed by atoms with van der Waals surface area (Å²) < 4.78 is 0. The van der Waals surface area contributed by atoms with Gasteiger partial charge in [0.05, 0.1) is 0 Å². The number of rotatable bonds is 6. The molecule has 2 heteroatoms. The topological polar surface area (TPSA) is 27.8 Å². The first kappa shape index (κ1) is 12.2. The zero-order valence-electron chi connectivity index (χ0n) is 10.8. The number of aromatic amines is 1. The molecule has 0 fully saturated rings. The lowest BCUT2D eigenvalue weighted by Crippen LogP contribution is -2.29. The molecule has 0 bridgehead atoms. The van der Waals surface area contributed by atoms with Crippen molar-refractivity contribution >= 4 is 10.9 Å². The number of para-hydroxylation sites is 1. The van der Waals surface area contributed by atoms with Crippen LogP contribution in [0.4, 0.5) is 0 Å². The van der Waals surface area contributed by atoms with Crippen LogP contribution in [-0.4, -0.2) is 17.6 Å². The Bertz CT molecular complexity index is 455. The van der Waals surface area contributed by atoms with Crippen molar-refractivity contribution in [1.29, 1.82) is 0 Å². The number of hydrogen-bond acceptors (Lipinski definition) is 1. The second kappa shape index (κ2) is 5.87. The molecule has 1 aromatic carbocycles. The molecule has 0 saturated heterocycles. The number of nitrogens with one attached hydrogen (secondary N) is 2. The largest absolute Gasteiger partial charge is 0.361 e. The summed E-state index contributed by atoms with van der Waals surface area (Å²) in [7, 11) is 0. The Morgan fingerprint density at radius 3 is 2.71 bits per heavy atom. The molecule has 0 aliphatic heterocycles. The van der Waals surface area contributed by atoms with E-state index in [0.717, 1.165) is 13.0 Å². The maximum Gasteiger partial charge on any atom is 0.0456 e. The molecule has 17 heavy (non-hydrogen) atoms. The van der Waals surface area contributed by atoms with Gasteiger partial charge in [0.1, 0.15) is 0 Å². The van der Waals surface area contributed by atoms with Crippen LogP contribution in [-0.2, 0) is 6.42 Å². The maximum atomic E-state index is 3.61. The maximum absolute atomic E-state index is 3.61. The summed E-state index contributed by atoms with van der Waals surface area (Å²) in [5.74, 6) is 0. The molecule has 0 spiro atoms. The van der Waals surface area contributed by atoms with Crippen molar-refractivity contribution in [3.05, 3.63) is 36.0 Å². The van der Waals surface area contributed by atoms with Crippen LogP contribution < -0.4 is 5.32 Å². The number of aromatic nitrogens is 1. The van der Waals surface area contributed by atoms with Gasteiger partial charge in [0, 0.05) is 23.1 Å². The van der Waals surface area contributed by atoms with Gasteiger partial charge in [-0.2, -0.15) is 0 Å². The van der Waals surface area contributed by atoms with Gasteiger partial charge < -0.3 is 10.3 Å². The lowest BCUT2D eigenvalue weighted by molar-refractivity contribution is 0.488. The molecule has 0 atom stereocenters. The molecule has 0 aliphatic rings. The SMILES string of the molecule is CCC(CC)NCCc1c[nH]c2ccccc12. The van der Waals surface area contributed by atoms with Crippen LogP contribution in [0.3, 0.4) is 0 Å². The van der Waals surface area contributed by atoms with Crippen LogP contribution in [0.1, 0.15) is 32.3 Å². The standard InChI is InChI=1S/C15H22N2/c1-3-13(4-2)16-10-9-12-11-17-15-8-6-5-7-14(12)15/h5-8,11,13,16-17H,3-4,9-10H2,1-2H3. The van der Waals surface area contributed by atoms with E-state index in [0.29, 0.717) is 6.04 Å². The van der Waals surface area contributed by atoms with Crippen molar-refractivity contribution in [3.63, 3.8) is 0 Å².